The molecule has 1 amide bonds. The number of carbonyl (C=O) groups is 2. The number of carboxylic acids is 1. The van der Waals surface area contributed by atoms with Crippen LogP contribution in [0.25, 0.3) is 0 Å². The molecule has 2 saturated carbocycles. The number of rotatable bonds is 2. The van der Waals surface area contributed by atoms with E-state index in [0.717, 1.165) is 29.9 Å². The molecule has 0 aromatic heterocycles. The molecular weight excluding hydrogens is 314 g/mol. The van der Waals surface area contributed by atoms with Gasteiger partial charge in [-0.1, -0.05) is 49.9 Å². The van der Waals surface area contributed by atoms with Gasteiger partial charge < -0.3 is 10.0 Å². The van der Waals surface area contributed by atoms with E-state index < -0.39 is 11.9 Å². The van der Waals surface area contributed by atoms with Crippen molar-refractivity contribution in [2.75, 3.05) is 6.54 Å². The topological polar surface area (TPSA) is 57.6 Å². The second-order valence-electron chi connectivity index (χ2n) is 8.12. The van der Waals surface area contributed by atoms with E-state index in [1.165, 1.54) is 32.1 Å². The number of hydrogen-bond donors (Lipinski definition) is 1. The molecule has 0 saturated heterocycles. The van der Waals surface area contributed by atoms with Gasteiger partial charge in [-0.05, 0) is 42.2 Å². The summed E-state index contributed by atoms with van der Waals surface area (Å²) in [4.78, 5) is 26.7. The second kappa shape index (κ2) is 6.81. The minimum Gasteiger partial charge on any atom is -0.481 e. The van der Waals surface area contributed by atoms with Crippen LogP contribution in [0.2, 0.25) is 0 Å². The molecule has 2 aliphatic carbocycles. The third-order valence-electron chi connectivity index (χ3n) is 6.69. The van der Waals surface area contributed by atoms with Crippen LogP contribution >= 0.6 is 0 Å². The molecule has 1 aromatic carbocycles. The van der Waals surface area contributed by atoms with Crippen molar-refractivity contribution in [3.8, 4) is 0 Å². The molecule has 4 unspecified atom stereocenters. The predicted molar refractivity (Wildman–Crippen MR) is 95.0 cm³/mol. The number of fused-ring (bicyclic) bond motifs is 2. The van der Waals surface area contributed by atoms with Gasteiger partial charge >= 0.3 is 5.97 Å². The quantitative estimate of drug-likeness (QED) is 0.890. The molecule has 1 N–H and O–H groups in total. The van der Waals surface area contributed by atoms with Gasteiger partial charge in [0.25, 0.3) is 0 Å². The van der Waals surface area contributed by atoms with Gasteiger partial charge in [0.15, 0.2) is 0 Å². The van der Waals surface area contributed by atoms with Crippen molar-refractivity contribution in [1.29, 1.82) is 0 Å². The highest BCUT2D eigenvalue weighted by atomic mass is 16.4. The van der Waals surface area contributed by atoms with Crippen molar-refractivity contribution < 1.29 is 14.7 Å². The Bertz CT molecular complexity index is 671. The Hall–Kier alpha value is -1.84. The summed E-state index contributed by atoms with van der Waals surface area (Å²) in [5, 5.41) is 9.61. The van der Waals surface area contributed by atoms with Gasteiger partial charge in [0.05, 0.1) is 5.92 Å². The maximum absolute atomic E-state index is 13.1. The van der Waals surface area contributed by atoms with Crippen LogP contribution < -0.4 is 0 Å². The van der Waals surface area contributed by atoms with E-state index in [1.807, 2.05) is 29.2 Å². The Morgan fingerprint density at radius 1 is 1.00 bits per heavy atom. The number of benzene rings is 1. The van der Waals surface area contributed by atoms with E-state index >= 15 is 0 Å². The normalized spacial score (nSPS) is 31.8. The van der Waals surface area contributed by atoms with Crippen LogP contribution in [0.5, 0.6) is 0 Å². The van der Waals surface area contributed by atoms with E-state index in [4.69, 9.17) is 0 Å². The van der Waals surface area contributed by atoms with Gasteiger partial charge in [-0.15, -0.1) is 0 Å². The molecule has 3 aliphatic rings. The van der Waals surface area contributed by atoms with Gasteiger partial charge in [0, 0.05) is 19.0 Å². The van der Waals surface area contributed by atoms with Crippen molar-refractivity contribution in [2.24, 2.45) is 17.8 Å². The average Bonchev–Trinajstić information content (AvgIpc) is 2.66. The monoisotopic (exact) mass is 341 g/mol. The zero-order valence-electron chi connectivity index (χ0n) is 14.7. The standard InChI is InChI=1S/C21H27NO3/c23-20(16-10-9-14-5-1-2-6-15(14)11-16)22-12-17-7-3-4-8-18(17)19(13-22)21(24)25/h3-4,7-8,14-16,19H,1-2,5-6,9-13H2,(H,24,25). The van der Waals surface area contributed by atoms with E-state index in [1.54, 1.807) is 0 Å². The number of carbonyl (C=O) groups excluding carboxylic acids is 1. The first-order valence-corrected chi connectivity index (χ1v) is 9.73. The maximum Gasteiger partial charge on any atom is 0.312 e. The summed E-state index contributed by atoms with van der Waals surface area (Å²) < 4.78 is 0. The SMILES string of the molecule is O=C(O)C1CN(C(=O)C2CCC3CCCCC3C2)Cc2ccccc21. The van der Waals surface area contributed by atoms with E-state index in [2.05, 4.69) is 0 Å². The molecule has 2 fully saturated rings. The van der Waals surface area contributed by atoms with E-state index in [0.29, 0.717) is 19.0 Å². The zero-order chi connectivity index (χ0) is 17.4. The third kappa shape index (κ3) is 3.19. The molecule has 4 rings (SSSR count). The molecule has 0 bridgehead atoms. The van der Waals surface area contributed by atoms with Crippen molar-refractivity contribution in [3.63, 3.8) is 0 Å². The molecule has 1 aliphatic heterocycles. The molecule has 0 spiro atoms. The molecule has 1 aromatic rings. The van der Waals surface area contributed by atoms with Crippen LogP contribution in [0.1, 0.15) is 62.0 Å². The molecule has 4 nitrogen and oxygen atoms in total. The van der Waals surface area contributed by atoms with Crippen molar-refractivity contribution >= 4 is 11.9 Å². The largest absolute Gasteiger partial charge is 0.481 e. The Morgan fingerprint density at radius 2 is 1.76 bits per heavy atom. The van der Waals surface area contributed by atoms with Crippen LogP contribution in [0.4, 0.5) is 0 Å². The number of amides is 1. The van der Waals surface area contributed by atoms with Gasteiger partial charge in [0.2, 0.25) is 5.91 Å². The summed E-state index contributed by atoms with van der Waals surface area (Å²) in [6.07, 6.45) is 8.44. The lowest BCUT2D eigenvalue weighted by atomic mass is 9.67. The third-order valence-corrected chi connectivity index (χ3v) is 6.69. The summed E-state index contributed by atoms with van der Waals surface area (Å²) >= 11 is 0. The lowest BCUT2D eigenvalue weighted by Crippen LogP contribution is -2.45. The fourth-order valence-electron chi connectivity index (χ4n) is 5.34. The highest BCUT2D eigenvalue weighted by Gasteiger charge is 2.39. The Balaban J connectivity index is 1.50. The summed E-state index contributed by atoms with van der Waals surface area (Å²) in [5.41, 5.74) is 1.86. The fraction of sp³-hybridized carbons (Fsp3) is 0.619. The first-order valence-electron chi connectivity index (χ1n) is 9.73. The molecular formula is C21H27NO3. The highest BCUT2D eigenvalue weighted by Crippen LogP contribution is 2.43. The van der Waals surface area contributed by atoms with Gasteiger partial charge in [-0.2, -0.15) is 0 Å². The van der Waals surface area contributed by atoms with E-state index in [9.17, 15) is 14.7 Å². The fourth-order valence-corrected chi connectivity index (χ4v) is 5.34. The Kier molecular flexibility index (Phi) is 4.53. The minimum atomic E-state index is -0.832. The highest BCUT2D eigenvalue weighted by molar-refractivity contribution is 5.83. The predicted octanol–water partition coefficient (Wildman–Crippen LogP) is 3.80. The first kappa shape index (κ1) is 16.6. The lowest BCUT2D eigenvalue weighted by Gasteiger charge is -2.41. The molecule has 25 heavy (non-hydrogen) atoms. The molecule has 0 radical (unpaired) electrons. The Labute approximate surface area is 149 Å². The van der Waals surface area contributed by atoms with Gasteiger partial charge in [-0.25, -0.2) is 0 Å². The molecule has 1 heterocycles. The van der Waals surface area contributed by atoms with Crippen molar-refractivity contribution in [3.05, 3.63) is 35.4 Å². The zero-order valence-corrected chi connectivity index (χ0v) is 14.7. The molecule has 4 atom stereocenters. The smallest absolute Gasteiger partial charge is 0.312 e. The lowest BCUT2D eigenvalue weighted by molar-refractivity contribution is -0.143. The van der Waals surface area contributed by atoms with Crippen molar-refractivity contribution in [1.82, 2.24) is 4.90 Å². The summed E-state index contributed by atoms with van der Waals surface area (Å²) in [7, 11) is 0. The first-order chi connectivity index (χ1) is 12.1. The number of aliphatic carboxylic acids is 1. The summed E-state index contributed by atoms with van der Waals surface area (Å²) in [6.45, 7) is 0.874. The second-order valence-corrected chi connectivity index (χ2v) is 8.12. The van der Waals surface area contributed by atoms with Gasteiger partial charge in [-0.3, -0.25) is 9.59 Å². The number of hydrogen-bond acceptors (Lipinski definition) is 2. The van der Waals surface area contributed by atoms with Gasteiger partial charge in [0.1, 0.15) is 0 Å². The van der Waals surface area contributed by atoms with Crippen LogP contribution in [-0.4, -0.2) is 28.4 Å². The van der Waals surface area contributed by atoms with E-state index in [-0.39, 0.29) is 11.8 Å². The Morgan fingerprint density at radius 3 is 2.56 bits per heavy atom. The maximum atomic E-state index is 13.1. The van der Waals surface area contributed by atoms with Crippen LogP contribution in [0, 0.1) is 17.8 Å². The number of nitrogens with zero attached hydrogens (tertiary/aromatic N) is 1. The minimum absolute atomic E-state index is 0.0963. The summed E-state index contributed by atoms with van der Waals surface area (Å²) in [5.74, 6) is 0.389. The molecule has 4 heteroatoms. The van der Waals surface area contributed by atoms with Crippen LogP contribution in [-0.2, 0) is 16.1 Å². The average molecular weight is 341 g/mol. The number of carboxylic acid groups (broad SMARTS) is 1. The van der Waals surface area contributed by atoms with Crippen molar-refractivity contribution in [2.45, 2.75) is 57.4 Å². The summed E-state index contributed by atoms with van der Waals surface area (Å²) in [6, 6.07) is 7.67. The molecule has 134 valence electrons. The van der Waals surface area contributed by atoms with Crippen LogP contribution in [0.15, 0.2) is 24.3 Å². The van der Waals surface area contributed by atoms with Crippen LogP contribution in [0.3, 0.4) is 0 Å².